The lowest BCUT2D eigenvalue weighted by Crippen LogP contribution is -2.35. The lowest BCUT2D eigenvalue weighted by atomic mass is 9.78. The van der Waals surface area contributed by atoms with E-state index in [1.54, 1.807) is 7.11 Å². The van der Waals surface area contributed by atoms with E-state index in [0.717, 1.165) is 11.7 Å². The monoisotopic (exact) mass is 234 g/mol. The standard InChI is InChI=1S/C14H22N2O/c1-10-6-4-7-12(11(10)2)15-13-8-5-9-14(16-13)17-3/h5,8-12H,4,6-7H2,1-3H3,(H,15,16). The Kier molecular flexibility index (Phi) is 3.87. The molecule has 1 fully saturated rings. The summed E-state index contributed by atoms with van der Waals surface area (Å²) in [6, 6.07) is 6.40. The molecule has 0 radical (unpaired) electrons. The Bertz CT molecular complexity index is 367. The highest BCUT2D eigenvalue weighted by atomic mass is 16.5. The van der Waals surface area contributed by atoms with Gasteiger partial charge in [-0.25, -0.2) is 0 Å². The van der Waals surface area contributed by atoms with Crippen molar-refractivity contribution in [2.75, 3.05) is 12.4 Å². The third kappa shape index (κ3) is 2.90. The predicted molar refractivity (Wildman–Crippen MR) is 70.4 cm³/mol. The number of hydrogen-bond donors (Lipinski definition) is 1. The van der Waals surface area contributed by atoms with Gasteiger partial charge in [0.1, 0.15) is 5.82 Å². The van der Waals surface area contributed by atoms with Gasteiger partial charge in [0.25, 0.3) is 0 Å². The minimum Gasteiger partial charge on any atom is -0.481 e. The van der Waals surface area contributed by atoms with E-state index in [0.29, 0.717) is 17.8 Å². The maximum Gasteiger partial charge on any atom is 0.214 e. The molecular formula is C14H22N2O. The molecule has 2 rings (SSSR count). The molecule has 1 aromatic heterocycles. The first-order valence-corrected chi connectivity index (χ1v) is 6.48. The van der Waals surface area contributed by atoms with Crippen LogP contribution in [0, 0.1) is 11.8 Å². The summed E-state index contributed by atoms with van der Waals surface area (Å²) in [6.45, 7) is 4.68. The van der Waals surface area contributed by atoms with E-state index in [-0.39, 0.29) is 0 Å². The van der Waals surface area contributed by atoms with Crippen molar-refractivity contribution in [2.45, 2.75) is 39.2 Å². The molecule has 1 saturated carbocycles. The largest absolute Gasteiger partial charge is 0.481 e. The molecule has 3 nitrogen and oxygen atoms in total. The molecule has 0 aromatic carbocycles. The van der Waals surface area contributed by atoms with Gasteiger partial charge in [-0.3, -0.25) is 0 Å². The Labute approximate surface area is 104 Å². The van der Waals surface area contributed by atoms with Gasteiger partial charge in [0.15, 0.2) is 0 Å². The van der Waals surface area contributed by atoms with Crippen LogP contribution in [-0.2, 0) is 0 Å². The van der Waals surface area contributed by atoms with Crippen LogP contribution in [0.1, 0.15) is 33.1 Å². The summed E-state index contributed by atoms with van der Waals surface area (Å²) >= 11 is 0. The fourth-order valence-corrected chi connectivity index (χ4v) is 2.58. The molecule has 3 unspecified atom stereocenters. The Balaban J connectivity index is 2.04. The Hall–Kier alpha value is -1.25. The Morgan fingerprint density at radius 1 is 1.29 bits per heavy atom. The van der Waals surface area contributed by atoms with E-state index < -0.39 is 0 Å². The molecule has 1 heterocycles. The summed E-state index contributed by atoms with van der Waals surface area (Å²) in [5, 5.41) is 3.54. The van der Waals surface area contributed by atoms with E-state index in [1.165, 1.54) is 19.3 Å². The number of anilines is 1. The maximum atomic E-state index is 5.14. The molecule has 0 spiro atoms. The van der Waals surface area contributed by atoms with Crippen LogP contribution in [0.3, 0.4) is 0 Å². The number of ether oxygens (including phenoxy) is 1. The van der Waals surface area contributed by atoms with Crippen molar-refractivity contribution >= 4 is 5.82 Å². The first-order chi connectivity index (χ1) is 8.20. The molecule has 0 saturated heterocycles. The van der Waals surface area contributed by atoms with Gasteiger partial charge in [-0.15, -0.1) is 0 Å². The van der Waals surface area contributed by atoms with Crippen LogP contribution in [0.15, 0.2) is 18.2 Å². The van der Waals surface area contributed by atoms with Crippen molar-refractivity contribution in [3.63, 3.8) is 0 Å². The molecule has 17 heavy (non-hydrogen) atoms. The molecule has 0 aliphatic heterocycles. The average molecular weight is 234 g/mol. The van der Waals surface area contributed by atoms with Crippen molar-refractivity contribution in [1.82, 2.24) is 4.98 Å². The van der Waals surface area contributed by atoms with Crippen LogP contribution in [0.25, 0.3) is 0 Å². The second-order valence-corrected chi connectivity index (χ2v) is 5.08. The van der Waals surface area contributed by atoms with Gasteiger partial charge in [0, 0.05) is 12.1 Å². The summed E-state index contributed by atoms with van der Waals surface area (Å²) in [5.41, 5.74) is 0. The quantitative estimate of drug-likeness (QED) is 0.871. The minimum absolute atomic E-state index is 0.540. The summed E-state index contributed by atoms with van der Waals surface area (Å²) in [5.74, 6) is 3.10. The molecule has 3 atom stereocenters. The maximum absolute atomic E-state index is 5.14. The van der Waals surface area contributed by atoms with E-state index in [1.807, 2.05) is 18.2 Å². The van der Waals surface area contributed by atoms with E-state index in [2.05, 4.69) is 24.1 Å². The zero-order chi connectivity index (χ0) is 12.3. The van der Waals surface area contributed by atoms with Crippen LogP contribution in [0.5, 0.6) is 5.88 Å². The number of nitrogens with one attached hydrogen (secondary N) is 1. The summed E-state index contributed by atoms with van der Waals surface area (Å²) < 4.78 is 5.14. The van der Waals surface area contributed by atoms with Gasteiger partial charge in [0.2, 0.25) is 5.88 Å². The molecular weight excluding hydrogens is 212 g/mol. The first kappa shape index (κ1) is 12.2. The van der Waals surface area contributed by atoms with Crippen molar-refractivity contribution in [1.29, 1.82) is 0 Å². The second-order valence-electron chi connectivity index (χ2n) is 5.08. The lowest BCUT2D eigenvalue weighted by Gasteiger charge is -2.34. The SMILES string of the molecule is COc1cccc(NC2CCCC(C)C2C)n1. The van der Waals surface area contributed by atoms with Crippen molar-refractivity contribution in [3.8, 4) is 5.88 Å². The second kappa shape index (κ2) is 5.39. The van der Waals surface area contributed by atoms with Gasteiger partial charge >= 0.3 is 0 Å². The topological polar surface area (TPSA) is 34.1 Å². The Morgan fingerprint density at radius 3 is 2.88 bits per heavy atom. The number of methoxy groups -OCH3 is 1. The van der Waals surface area contributed by atoms with Crippen LogP contribution >= 0.6 is 0 Å². The normalized spacial score (nSPS) is 28.8. The Morgan fingerprint density at radius 2 is 2.12 bits per heavy atom. The molecule has 1 aliphatic rings. The number of nitrogens with zero attached hydrogens (tertiary/aromatic N) is 1. The van der Waals surface area contributed by atoms with Crippen molar-refractivity contribution < 1.29 is 4.74 Å². The fourth-order valence-electron chi connectivity index (χ4n) is 2.58. The number of rotatable bonds is 3. The zero-order valence-corrected chi connectivity index (χ0v) is 10.9. The van der Waals surface area contributed by atoms with Gasteiger partial charge in [-0.05, 0) is 24.3 Å². The molecule has 3 heteroatoms. The highest BCUT2D eigenvalue weighted by Gasteiger charge is 2.27. The van der Waals surface area contributed by atoms with Crippen LogP contribution < -0.4 is 10.1 Å². The van der Waals surface area contributed by atoms with Crippen molar-refractivity contribution in [3.05, 3.63) is 18.2 Å². The third-order valence-corrected chi connectivity index (χ3v) is 3.97. The highest BCUT2D eigenvalue weighted by Crippen LogP contribution is 2.31. The van der Waals surface area contributed by atoms with Gasteiger partial charge in [0.05, 0.1) is 7.11 Å². The summed E-state index contributed by atoms with van der Waals surface area (Å²) in [6.07, 6.45) is 3.91. The lowest BCUT2D eigenvalue weighted by molar-refractivity contribution is 0.252. The average Bonchev–Trinajstić information content (AvgIpc) is 2.35. The van der Waals surface area contributed by atoms with Gasteiger partial charge in [-0.2, -0.15) is 4.98 Å². The van der Waals surface area contributed by atoms with Gasteiger partial charge in [-0.1, -0.05) is 32.8 Å². The molecule has 1 aromatic rings. The predicted octanol–water partition coefficient (Wildman–Crippen LogP) is 3.33. The third-order valence-electron chi connectivity index (χ3n) is 3.97. The smallest absolute Gasteiger partial charge is 0.214 e. The minimum atomic E-state index is 0.540. The number of aromatic nitrogens is 1. The van der Waals surface area contributed by atoms with Crippen molar-refractivity contribution in [2.24, 2.45) is 11.8 Å². The molecule has 0 bridgehead atoms. The molecule has 1 N–H and O–H groups in total. The molecule has 1 aliphatic carbocycles. The van der Waals surface area contributed by atoms with Crippen LogP contribution in [0.2, 0.25) is 0 Å². The molecule has 0 amide bonds. The van der Waals surface area contributed by atoms with E-state index >= 15 is 0 Å². The van der Waals surface area contributed by atoms with Crippen LogP contribution in [0.4, 0.5) is 5.82 Å². The molecule has 94 valence electrons. The number of pyridine rings is 1. The van der Waals surface area contributed by atoms with Crippen LogP contribution in [-0.4, -0.2) is 18.1 Å². The van der Waals surface area contributed by atoms with E-state index in [9.17, 15) is 0 Å². The van der Waals surface area contributed by atoms with E-state index in [4.69, 9.17) is 4.74 Å². The zero-order valence-electron chi connectivity index (χ0n) is 10.9. The summed E-state index contributed by atoms with van der Waals surface area (Å²) in [7, 11) is 1.65. The fraction of sp³-hybridized carbons (Fsp3) is 0.643. The first-order valence-electron chi connectivity index (χ1n) is 6.48. The number of hydrogen-bond acceptors (Lipinski definition) is 3. The van der Waals surface area contributed by atoms with Gasteiger partial charge < -0.3 is 10.1 Å². The highest BCUT2D eigenvalue weighted by molar-refractivity contribution is 5.38. The summed E-state index contributed by atoms with van der Waals surface area (Å²) in [4.78, 5) is 4.41.